The first-order valence-corrected chi connectivity index (χ1v) is 5.59. The first-order valence-electron chi connectivity index (χ1n) is 5.59. The summed E-state index contributed by atoms with van der Waals surface area (Å²) in [5, 5.41) is 11.3. The molecule has 1 N–H and O–H groups in total. The van der Waals surface area contributed by atoms with Crippen molar-refractivity contribution in [3.05, 3.63) is 53.7 Å². The predicted octanol–water partition coefficient (Wildman–Crippen LogP) is 2.11. The number of aromatic nitrogens is 1. The summed E-state index contributed by atoms with van der Waals surface area (Å²) in [5.41, 5.74) is 0.822. The Morgan fingerprint density at radius 3 is 2.95 bits per heavy atom. The van der Waals surface area contributed by atoms with Crippen LogP contribution in [0, 0.1) is 11.3 Å². The zero-order valence-electron chi connectivity index (χ0n) is 10.3. The van der Waals surface area contributed by atoms with Gasteiger partial charge in [-0.05, 0) is 30.3 Å². The molecular weight excluding hydrogens is 242 g/mol. The fourth-order valence-corrected chi connectivity index (χ4v) is 1.52. The summed E-state index contributed by atoms with van der Waals surface area (Å²) in [6.07, 6.45) is 1.54. The molecule has 0 saturated carbocycles. The van der Waals surface area contributed by atoms with E-state index in [1.54, 1.807) is 36.4 Å². The Bertz CT molecular complexity index is 647. The van der Waals surface area contributed by atoms with E-state index in [9.17, 15) is 4.79 Å². The van der Waals surface area contributed by atoms with Crippen molar-refractivity contribution in [3.63, 3.8) is 0 Å². The van der Waals surface area contributed by atoms with Crippen LogP contribution in [-0.4, -0.2) is 17.9 Å². The maximum Gasteiger partial charge on any atom is 0.256 e. The van der Waals surface area contributed by atoms with Gasteiger partial charge in [0.1, 0.15) is 11.3 Å². The monoisotopic (exact) mass is 253 g/mol. The van der Waals surface area contributed by atoms with Crippen LogP contribution in [0.3, 0.4) is 0 Å². The van der Waals surface area contributed by atoms with Crippen molar-refractivity contribution >= 4 is 5.91 Å². The van der Waals surface area contributed by atoms with Crippen molar-refractivity contribution in [2.75, 3.05) is 7.05 Å². The van der Waals surface area contributed by atoms with E-state index in [2.05, 4.69) is 10.3 Å². The second-order valence-electron chi connectivity index (χ2n) is 3.68. The number of pyridine rings is 1. The number of ether oxygens (including phenoxy) is 1. The molecule has 2 aromatic rings. The van der Waals surface area contributed by atoms with Gasteiger partial charge in [-0.1, -0.05) is 6.07 Å². The van der Waals surface area contributed by atoms with Crippen molar-refractivity contribution in [3.8, 4) is 17.7 Å². The fraction of sp³-hybridized carbons (Fsp3) is 0.0714. The van der Waals surface area contributed by atoms with E-state index in [4.69, 9.17) is 10.00 Å². The smallest absolute Gasteiger partial charge is 0.256 e. The molecule has 0 bridgehead atoms. The second kappa shape index (κ2) is 5.65. The number of rotatable bonds is 3. The van der Waals surface area contributed by atoms with Crippen molar-refractivity contribution in [1.29, 1.82) is 5.26 Å². The molecule has 0 aliphatic heterocycles. The minimum Gasteiger partial charge on any atom is -0.438 e. The zero-order valence-corrected chi connectivity index (χ0v) is 10.3. The van der Waals surface area contributed by atoms with E-state index in [1.807, 2.05) is 6.07 Å². The van der Waals surface area contributed by atoms with E-state index in [1.165, 1.54) is 13.2 Å². The van der Waals surface area contributed by atoms with Gasteiger partial charge in [0.25, 0.3) is 5.91 Å². The van der Waals surface area contributed by atoms with Gasteiger partial charge in [0, 0.05) is 13.2 Å². The molecule has 2 rings (SSSR count). The van der Waals surface area contributed by atoms with Crippen molar-refractivity contribution in [1.82, 2.24) is 10.3 Å². The molecule has 0 spiro atoms. The molecule has 5 nitrogen and oxygen atoms in total. The molecule has 0 aliphatic rings. The van der Waals surface area contributed by atoms with Crippen molar-refractivity contribution in [2.45, 2.75) is 0 Å². The van der Waals surface area contributed by atoms with Gasteiger partial charge in [-0.15, -0.1) is 0 Å². The Morgan fingerprint density at radius 1 is 1.37 bits per heavy atom. The molecule has 0 aliphatic carbocycles. The maximum atomic E-state index is 11.7. The summed E-state index contributed by atoms with van der Waals surface area (Å²) in [5.74, 6) is 0.388. The molecule has 1 amide bonds. The Kier molecular flexibility index (Phi) is 3.74. The standard InChI is InChI=1S/C14H11N3O2/c1-16-13(18)12-6-3-7-17-14(12)19-11-5-2-4-10(8-11)9-15/h2-8H,1H3,(H,16,18). The van der Waals surface area contributed by atoms with Gasteiger partial charge in [-0.3, -0.25) is 4.79 Å². The molecule has 0 fully saturated rings. The molecule has 0 saturated heterocycles. The summed E-state index contributed by atoms with van der Waals surface area (Å²) in [6.45, 7) is 0. The topological polar surface area (TPSA) is 75.0 Å². The lowest BCUT2D eigenvalue weighted by molar-refractivity contribution is 0.0960. The SMILES string of the molecule is CNC(=O)c1cccnc1Oc1cccc(C#N)c1. The first kappa shape index (κ1) is 12.6. The lowest BCUT2D eigenvalue weighted by atomic mass is 10.2. The van der Waals surface area contributed by atoms with E-state index in [-0.39, 0.29) is 11.8 Å². The Hall–Kier alpha value is -2.87. The highest BCUT2D eigenvalue weighted by atomic mass is 16.5. The summed E-state index contributed by atoms with van der Waals surface area (Å²) in [4.78, 5) is 15.7. The molecule has 94 valence electrons. The van der Waals surface area contributed by atoms with Crippen LogP contribution in [0.15, 0.2) is 42.6 Å². The molecule has 1 aromatic heterocycles. The summed E-state index contributed by atoms with van der Waals surface area (Å²) >= 11 is 0. The Labute approximate surface area is 110 Å². The van der Waals surface area contributed by atoms with E-state index in [0.29, 0.717) is 16.9 Å². The minimum absolute atomic E-state index is 0.205. The molecule has 0 radical (unpaired) electrons. The molecule has 0 unspecified atom stereocenters. The number of carbonyl (C=O) groups excluding carboxylic acids is 1. The summed E-state index contributed by atoms with van der Waals surface area (Å²) in [7, 11) is 1.54. The van der Waals surface area contributed by atoms with Crippen LogP contribution in [-0.2, 0) is 0 Å². The zero-order chi connectivity index (χ0) is 13.7. The lowest BCUT2D eigenvalue weighted by Crippen LogP contribution is -2.18. The fourth-order valence-electron chi connectivity index (χ4n) is 1.52. The number of nitrogens with zero attached hydrogens (tertiary/aromatic N) is 2. The average molecular weight is 253 g/mol. The third-order valence-corrected chi connectivity index (χ3v) is 2.42. The highest BCUT2D eigenvalue weighted by Gasteiger charge is 2.12. The van der Waals surface area contributed by atoms with Gasteiger partial charge >= 0.3 is 0 Å². The third kappa shape index (κ3) is 2.87. The quantitative estimate of drug-likeness (QED) is 0.908. The number of hydrogen-bond acceptors (Lipinski definition) is 4. The Balaban J connectivity index is 2.33. The number of amides is 1. The van der Waals surface area contributed by atoms with Crippen LogP contribution in [0.1, 0.15) is 15.9 Å². The largest absolute Gasteiger partial charge is 0.438 e. The molecule has 19 heavy (non-hydrogen) atoms. The Morgan fingerprint density at radius 2 is 2.21 bits per heavy atom. The number of hydrogen-bond donors (Lipinski definition) is 1. The highest BCUT2D eigenvalue weighted by molar-refractivity contribution is 5.96. The summed E-state index contributed by atoms with van der Waals surface area (Å²) in [6, 6.07) is 12.0. The molecule has 0 atom stereocenters. The van der Waals surface area contributed by atoms with E-state index < -0.39 is 0 Å². The average Bonchev–Trinajstić information content (AvgIpc) is 2.47. The highest BCUT2D eigenvalue weighted by Crippen LogP contribution is 2.23. The van der Waals surface area contributed by atoms with Crippen LogP contribution >= 0.6 is 0 Å². The van der Waals surface area contributed by atoms with Gasteiger partial charge < -0.3 is 10.1 Å². The normalized spacial score (nSPS) is 9.47. The van der Waals surface area contributed by atoms with Crippen LogP contribution < -0.4 is 10.1 Å². The molecular formula is C14H11N3O2. The van der Waals surface area contributed by atoms with Crippen LogP contribution in [0.25, 0.3) is 0 Å². The number of nitriles is 1. The second-order valence-corrected chi connectivity index (χ2v) is 3.68. The third-order valence-electron chi connectivity index (χ3n) is 2.42. The van der Waals surface area contributed by atoms with Crippen LogP contribution in [0.4, 0.5) is 0 Å². The molecule has 1 aromatic carbocycles. The van der Waals surface area contributed by atoms with Gasteiger partial charge in [0.05, 0.1) is 11.6 Å². The first-order chi connectivity index (χ1) is 9.24. The van der Waals surface area contributed by atoms with Crippen LogP contribution in [0.2, 0.25) is 0 Å². The number of nitrogens with one attached hydrogen (secondary N) is 1. The van der Waals surface area contributed by atoms with Gasteiger partial charge in [0.15, 0.2) is 0 Å². The minimum atomic E-state index is -0.278. The number of benzene rings is 1. The van der Waals surface area contributed by atoms with Gasteiger partial charge in [0.2, 0.25) is 5.88 Å². The molecule has 5 heteroatoms. The maximum absolute atomic E-state index is 11.7. The molecule has 1 heterocycles. The summed E-state index contributed by atoms with van der Waals surface area (Å²) < 4.78 is 5.55. The lowest BCUT2D eigenvalue weighted by Gasteiger charge is -2.08. The van der Waals surface area contributed by atoms with Gasteiger partial charge in [-0.2, -0.15) is 5.26 Å². The number of carbonyl (C=O) groups is 1. The van der Waals surface area contributed by atoms with E-state index >= 15 is 0 Å². The van der Waals surface area contributed by atoms with Crippen molar-refractivity contribution in [2.24, 2.45) is 0 Å². The van der Waals surface area contributed by atoms with E-state index in [0.717, 1.165) is 0 Å². The van der Waals surface area contributed by atoms with Crippen LogP contribution in [0.5, 0.6) is 11.6 Å². The van der Waals surface area contributed by atoms with Crippen molar-refractivity contribution < 1.29 is 9.53 Å². The predicted molar refractivity (Wildman–Crippen MR) is 68.9 cm³/mol. The van der Waals surface area contributed by atoms with Gasteiger partial charge in [-0.25, -0.2) is 4.98 Å².